The fraction of sp³-hybridized carbons (Fsp3) is 0.154. The van der Waals surface area contributed by atoms with Gasteiger partial charge in [-0.05, 0) is 53.9 Å². The minimum absolute atomic E-state index is 0.00540. The van der Waals surface area contributed by atoms with Gasteiger partial charge < -0.3 is 20.3 Å². The van der Waals surface area contributed by atoms with E-state index in [1.165, 1.54) is 13.2 Å². The summed E-state index contributed by atoms with van der Waals surface area (Å²) in [6.45, 7) is 0.250. The molecule has 0 aliphatic heterocycles. The van der Waals surface area contributed by atoms with E-state index in [0.29, 0.717) is 17.3 Å². The normalized spacial score (nSPS) is 11.8. The Labute approximate surface area is 195 Å². The summed E-state index contributed by atoms with van der Waals surface area (Å²) in [5.41, 5.74) is 2.95. The van der Waals surface area contributed by atoms with Crippen molar-refractivity contribution in [1.82, 2.24) is 15.3 Å². The fourth-order valence-corrected chi connectivity index (χ4v) is 3.76. The molecular weight excluding hydrogens is 434 g/mol. The first-order valence-electron chi connectivity index (χ1n) is 10.6. The van der Waals surface area contributed by atoms with Crippen LogP contribution in [0.1, 0.15) is 26.4 Å². The quantitative estimate of drug-likeness (QED) is 0.369. The van der Waals surface area contributed by atoms with Crippen LogP contribution in [-0.2, 0) is 11.2 Å². The van der Waals surface area contributed by atoms with Crippen LogP contribution in [0.3, 0.4) is 0 Å². The van der Waals surface area contributed by atoms with Crippen molar-refractivity contribution in [1.29, 1.82) is 0 Å². The Morgan fingerprint density at radius 2 is 1.85 bits per heavy atom. The van der Waals surface area contributed by atoms with Crippen LogP contribution in [0.15, 0.2) is 73.1 Å². The molecule has 0 aliphatic rings. The van der Waals surface area contributed by atoms with E-state index in [4.69, 9.17) is 4.74 Å². The number of carboxylic acid groups (broad SMARTS) is 1. The van der Waals surface area contributed by atoms with Crippen LogP contribution in [0.4, 0.5) is 0 Å². The summed E-state index contributed by atoms with van der Waals surface area (Å²) in [5, 5.41) is 22.6. The molecule has 0 radical (unpaired) electrons. The van der Waals surface area contributed by atoms with Crippen LogP contribution in [0.5, 0.6) is 5.75 Å². The molecule has 0 bridgehead atoms. The lowest BCUT2D eigenvalue weighted by Gasteiger charge is -2.18. The monoisotopic (exact) mass is 457 g/mol. The summed E-state index contributed by atoms with van der Waals surface area (Å²) in [4.78, 5) is 33.6. The zero-order valence-corrected chi connectivity index (χ0v) is 18.4. The molecule has 0 saturated heterocycles. The summed E-state index contributed by atoms with van der Waals surface area (Å²) < 4.78 is 5.24. The second-order valence-corrected chi connectivity index (χ2v) is 7.83. The van der Waals surface area contributed by atoms with Crippen molar-refractivity contribution in [3.05, 3.63) is 89.9 Å². The number of fused-ring (bicyclic) bond motifs is 1. The number of phenolic OH excluding ortho intramolecular Hbond substituents is 1. The van der Waals surface area contributed by atoms with E-state index in [2.05, 4.69) is 15.3 Å². The number of ether oxygens (including phenoxy) is 1. The second-order valence-electron chi connectivity index (χ2n) is 7.83. The number of amides is 1. The number of aromatic hydroxyl groups is 1. The first-order valence-corrected chi connectivity index (χ1v) is 10.6. The topological polar surface area (TPSA) is 122 Å². The van der Waals surface area contributed by atoms with E-state index >= 15 is 0 Å². The minimum atomic E-state index is -1.15. The third kappa shape index (κ3) is 5.19. The van der Waals surface area contributed by atoms with Gasteiger partial charge >= 0.3 is 5.97 Å². The molecule has 0 fully saturated rings. The molecule has 172 valence electrons. The van der Waals surface area contributed by atoms with Gasteiger partial charge in [0.05, 0.1) is 23.7 Å². The standard InChI is InChI=1S/C26H23N3O5/c1-34-15-19(11-16-4-7-20(30)8-5-16)28-25(31)24-13-22(26(32)33)21-12-17(6-9-23(21)29-24)18-3-2-10-27-14-18/h2-10,12-14,19,30H,11,15H2,1H3,(H,28,31)(H,32,33)/t19-/m0/s1. The van der Waals surface area contributed by atoms with E-state index in [-0.39, 0.29) is 29.7 Å². The van der Waals surface area contributed by atoms with E-state index in [0.717, 1.165) is 16.7 Å². The molecule has 3 N–H and O–H groups in total. The van der Waals surface area contributed by atoms with E-state index < -0.39 is 11.9 Å². The minimum Gasteiger partial charge on any atom is -0.508 e. The Kier molecular flexibility index (Phi) is 6.79. The van der Waals surface area contributed by atoms with Crippen LogP contribution in [0.2, 0.25) is 0 Å². The van der Waals surface area contributed by atoms with Gasteiger partial charge in [0.25, 0.3) is 5.91 Å². The Hall–Kier alpha value is -4.30. The Morgan fingerprint density at radius 3 is 2.53 bits per heavy atom. The Bertz CT molecular complexity index is 1320. The molecule has 2 aromatic heterocycles. The van der Waals surface area contributed by atoms with E-state index in [1.54, 1.807) is 54.9 Å². The second kappa shape index (κ2) is 10.1. The highest BCUT2D eigenvalue weighted by atomic mass is 16.5. The molecule has 4 aromatic rings. The Morgan fingerprint density at radius 1 is 1.06 bits per heavy atom. The van der Waals surface area contributed by atoms with Gasteiger partial charge in [-0.25, -0.2) is 9.78 Å². The van der Waals surface area contributed by atoms with Gasteiger partial charge in [-0.2, -0.15) is 0 Å². The van der Waals surface area contributed by atoms with E-state index in [9.17, 15) is 19.8 Å². The SMILES string of the molecule is COC[C@H](Cc1ccc(O)cc1)NC(=O)c1cc(C(=O)O)c2cc(-c3cccnc3)ccc2n1. The number of benzene rings is 2. The van der Waals surface area contributed by atoms with Crippen LogP contribution in [0, 0.1) is 0 Å². The van der Waals surface area contributed by atoms with Crippen LogP contribution < -0.4 is 5.32 Å². The van der Waals surface area contributed by atoms with Crippen molar-refractivity contribution in [2.75, 3.05) is 13.7 Å². The lowest BCUT2D eigenvalue weighted by molar-refractivity contribution is 0.0699. The van der Waals surface area contributed by atoms with Crippen molar-refractivity contribution in [2.24, 2.45) is 0 Å². The maximum atomic E-state index is 13.0. The zero-order chi connectivity index (χ0) is 24.1. The number of methoxy groups -OCH3 is 1. The molecule has 0 saturated carbocycles. The number of nitrogens with one attached hydrogen (secondary N) is 1. The summed E-state index contributed by atoms with van der Waals surface area (Å²) in [6, 6.07) is 16.5. The van der Waals surface area contributed by atoms with Crippen LogP contribution in [0.25, 0.3) is 22.0 Å². The summed E-state index contributed by atoms with van der Waals surface area (Å²) in [6.07, 6.45) is 3.83. The lowest BCUT2D eigenvalue weighted by atomic mass is 10.0. The molecule has 0 unspecified atom stereocenters. The smallest absolute Gasteiger partial charge is 0.336 e. The molecule has 1 atom stereocenters. The van der Waals surface area contributed by atoms with E-state index in [1.807, 2.05) is 12.1 Å². The van der Waals surface area contributed by atoms with Crippen LogP contribution >= 0.6 is 0 Å². The van der Waals surface area contributed by atoms with Crippen LogP contribution in [-0.4, -0.2) is 51.8 Å². The summed E-state index contributed by atoms with van der Waals surface area (Å²) >= 11 is 0. The number of rotatable bonds is 8. The fourth-order valence-electron chi connectivity index (χ4n) is 3.76. The van der Waals surface area contributed by atoms with Crippen molar-refractivity contribution in [3.8, 4) is 16.9 Å². The number of pyridine rings is 2. The molecule has 2 heterocycles. The average Bonchev–Trinajstić information content (AvgIpc) is 2.85. The maximum absolute atomic E-state index is 13.0. The number of carbonyl (C=O) groups is 2. The lowest BCUT2D eigenvalue weighted by Crippen LogP contribution is -2.40. The number of aromatic carboxylic acids is 1. The van der Waals surface area contributed by atoms with Gasteiger partial charge in [0, 0.05) is 30.5 Å². The van der Waals surface area contributed by atoms with Gasteiger partial charge in [0.1, 0.15) is 11.4 Å². The number of hydrogen-bond acceptors (Lipinski definition) is 6. The highest BCUT2D eigenvalue weighted by Gasteiger charge is 2.20. The molecule has 4 rings (SSSR count). The number of carbonyl (C=O) groups excluding carboxylic acids is 1. The molecule has 8 heteroatoms. The highest BCUT2D eigenvalue weighted by Crippen LogP contribution is 2.26. The third-order valence-corrected chi connectivity index (χ3v) is 5.39. The van der Waals surface area contributed by atoms with Gasteiger partial charge in [0.2, 0.25) is 0 Å². The third-order valence-electron chi connectivity index (χ3n) is 5.39. The van der Waals surface area contributed by atoms with Gasteiger partial charge in [-0.1, -0.05) is 24.3 Å². The molecule has 0 spiro atoms. The average molecular weight is 457 g/mol. The number of carboxylic acids is 1. The zero-order valence-electron chi connectivity index (χ0n) is 18.4. The van der Waals surface area contributed by atoms with Gasteiger partial charge in [0.15, 0.2) is 0 Å². The Balaban J connectivity index is 1.63. The predicted octanol–water partition coefficient (Wildman–Crippen LogP) is 3.69. The largest absolute Gasteiger partial charge is 0.508 e. The molecule has 8 nitrogen and oxygen atoms in total. The van der Waals surface area contributed by atoms with Crippen molar-refractivity contribution < 1.29 is 24.5 Å². The number of aromatic nitrogens is 2. The van der Waals surface area contributed by atoms with Crippen molar-refractivity contribution in [2.45, 2.75) is 12.5 Å². The molecule has 34 heavy (non-hydrogen) atoms. The number of nitrogens with zero attached hydrogens (tertiary/aromatic N) is 2. The summed E-state index contributed by atoms with van der Waals surface area (Å²) in [7, 11) is 1.53. The summed E-state index contributed by atoms with van der Waals surface area (Å²) in [5.74, 6) is -1.49. The molecule has 1 amide bonds. The number of phenols is 1. The molecule has 0 aliphatic carbocycles. The maximum Gasteiger partial charge on any atom is 0.336 e. The van der Waals surface area contributed by atoms with Crippen molar-refractivity contribution in [3.63, 3.8) is 0 Å². The van der Waals surface area contributed by atoms with Crippen molar-refractivity contribution >= 4 is 22.8 Å². The van der Waals surface area contributed by atoms with Gasteiger partial charge in [-0.3, -0.25) is 9.78 Å². The predicted molar refractivity (Wildman–Crippen MR) is 127 cm³/mol. The number of hydrogen-bond donors (Lipinski definition) is 3. The first-order chi connectivity index (χ1) is 16.4. The molecule has 2 aromatic carbocycles. The first kappa shape index (κ1) is 22.9. The highest BCUT2D eigenvalue weighted by molar-refractivity contribution is 6.06. The molecular formula is C26H23N3O5. The van der Waals surface area contributed by atoms with Gasteiger partial charge in [-0.15, -0.1) is 0 Å².